The van der Waals surface area contributed by atoms with Gasteiger partial charge in [0, 0.05) is 25.8 Å². The van der Waals surface area contributed by atoms with Gasteiger partial charge in [-0.1, -0.05) is 0 Å². The number of phenols is 1. The van der Waals surface area contributed by atoms with Crippen LogP contribution in [0.1, 0.15) is 12.8 Å². The number of aliphatic hydroxyl groups excluding tert-OH is 1. The molecule has 0 bridgehead atoms. The molecule has 0 saturated carbocycles. The Hall–Kier alpha value is -1.55. The number of rotatable bonds is 4. The van der Waals surface area contributed by atoms with E-state index in [-0.39, 0.29) is 18.3 Å². The molecule has 4 heteroatoms. The lowest BCUT2D eigenvalue weighted by molar-refractivity contribution is -0.118. The molecular formula is C11H15NO3. The van der Waals surface area contributed by atoms with Crippen LogP contribution in [0.3, 0.4) is 0 Å². The molecule has 0 spiro atoms. The second-order valence-corrected chi connectivity index (χ2v) is 3.30. The van der Waals surface area contributed by atoms with Gasteiger partial charge in [-0.25, -0.2) is 0 Å². The second kappa shape index (κ2) is 5.36. The molecule has 1 rings (SSSR count). The summed E-state index contributed by atoms with van der Waals surface area (Å²) in [7, 11) is 1.67. The van der Waals surface area contributed by atoms with Gasteiger partial charge in [-0.2, -0.15) is 0 Å². The highest BCUT2D eigenvalue weighted by Crippen LogP contribution is 2.17. The molecule has 0 aliphatic heterocycles. The van der Waals surface area contributed by atoms with E-state index in [1.165, 1.54) is 17.0 Å². The molecule has 2 N–H and O–H groups in total. The Bertz CT molecular complexity index is 321. The minimum atomic E-state index is -0.0465. The minimum absolute atomic E-state index is 0.0230. The van der Waals surface area contributed by atoms with Crippen molar-refractivity contribution in [3.63, 3.8) is 0 Å². The quantitative estimate of drug-likeness (QED) is 0.781. The van der Waals surface area contributed by atoms with E-state index in [4.69, 9.17) is 10.2 Å². The molecule has 15 heavy (non-hydrogen) atoms. The van der Waals surface area contributed by atoms with Crippen molar-refractivity contribution in [3.8, 4) is 5.75 Å². The average molecular weight is 209 g/mol. The van der Waals surface area contributed by atoms with Gasteiger partial charge in [0.2, 0.25) is 5.91 Å². The van der Waals surface area contributed by atoms with Gasteiger partial charge in [-0.05, 0) is 30.7 Å². The number of anilines is 1. The molecule has 1 aromatic rings. The van der Waals surface area contributed by atoms with Crippen molar-refractivity contribution in [3.05, 3.63) is 24.3 Å². The van der Waals surface area contributed by atoms with Gasteiger partial charge in [0.15, 0.2) is 0 Å². The number of phenolic OH excluding ortho intramolecular Hbond substituents is 1. The molecule has 0 aliphatic carbocycles. The number of amides is 1. The molecule has 0 fully saturated rings. The van der Waals surface area contributed by atoms with Crippen LogP contribution in [0.2, 0.25) is 0 Å². The molecule has 0 unspecified atom stereocenters. The Balaban J connectivity index is 2.63. The van der Waals surface area contributed by atoms with Crippen molar-refractivity contribution in [2.24, 2.45) is 0 Å². The second-order valence-electron chi connectivity index (χ2n) is 3.30. The number of aromatic hydroxyl groups is 1. The van der Waals surface area contributed by atoms with Gasteiger partial charge >= 0.3 is 0 Å². The number of carbonyl (C=O) groups is 1. The van der Waals surface area contributed by atoms with Crippen LogP contribution in [0, 0.1) is 0 Å². The van der Waals surface area contributed by atoms with Crippen LogP contribution in [0.25, 0.3) is 0 Å². The molecule has 0 aliphatic rings. The number of hydrogen-bond acceptors (Lipinski definition) is 3. The fourth-order valence-corrected chi connectivity index (χ4v) is 1.22. The summed E-state index contributed by atoms with van der Waals surface area (Å²) in [5.41, 5.74) is 0.732. The SMILES string of the molecule is CN(C(=O)CCCO)c1ccc(O)cc1. The molecule has 82 valence electrons. The zero-order valence-corrected chi connectivity index (χ0v) is 8.68. The largest absolute Gasteiger partial charge is 0.508 e. The van der Waals surface area contributed by atoms with Crippen LogP contribution in [0.15, 0.2) is 24.3 Å². The maximum Gasteiger partial charge on any atom is 0.226 e. The van der Waals surface area contributed by atoms with Gasteiger partial charge < -0.3 is 15.1 Å². The van der Waals surface area contributed by atoms with Crippen molar-refractivity contribution in [1.82, 2.24) is 0 Å². The first-order chi connectivity index (χ1) is 7.15. The van der Waals surface area contributed by atoms with Crippen LogP contribution in [-0.4, -0.2) is 29.8 Å². The van der Waals surface area contributed by atoms with E-state index in [2.05, 4.69) is 0 Å². The van der Waals surface area contributed by atoms with Crippen LogP contribution >= 0.6 is 0 Å². The number of benzene rings is 1. The molecule has 4 nitrogen and oxygen atoms in total. The van der Waals surface area contributed by atoms with E-state index in [1.54, 1.807) is 19.2 Å². The van der Waals surface area contributed by atoms with Gasteiger partial charge in [0.1, 0.15) is 5.75 Å². The molecule has 0 saturated heterocycles. The summed E-state index contributed by atoms with van der Waals surface area (Å²) in [6.45, 7) is 0.0230. The van der Waals surface area contributed by atoms with Crippen LogP contribution in [0.4, 0.5) is 5.69 Å². The summed E-state index contributed by atoms with van der Waals surface area (Å²) in [5, 5.41) is 17.7. The Morgan fingerprint density at radius 2 is 1.93 bits per heavy atom. The monoisotopic (exact) mass is 209 g/mol. The average Bonchev–Trinajstić information content (AvgIpc) is 2.26. The highest BCUT2D eigenvalue weighted by Gasteiger charge is 2.09. The number of carbonyl (C=O) groups excluding carboxylic acids is 1. The number of nitrogens with zero attached hydrogens (tertiary/aromatic N) is 1. The highest BCUT2D eigenvalue weighted by atomic mass is 16.3. The lowest BCUT2D eigenvalue weighted by atomic mass is 10.2. The molecule has 0 atom stereocenters. The van der Waals surface area contributed by atoms with Crippen molar-refractivity contribution in [2.75, 3.05) is 18.6 Å². The lowest BCUT2D eigenvalue weighted by Gasteiger charge is -2.16. The maximum atomic E-state index is 11.5. The predicted octanol–water partition coefficient (Wildman–Crippen LogP) is 1.13. The molecular weight excluding hydrogens is 194 g/mol. The zero-order valence-electron chi connectivity index (χ0n) is 8.68. The number of aliphatic hydroxyl groups is 1. The van der Waals surface area contributed by atoms with Crippen LogP contribution in [0.5, 0.6) is 5.75 Å². The van der Waals surface area contributed by atoms with E-state index < -0.39 is 0 Å². The Morgan fingerprint density at radius 1 is 1.33 bits per heavy atom. The van der Waals surface area contributed by atoms with Gasteiger partial charge in [-0.15, -0.1) is 0 Å². The van der Waals surface area contributed by atoms with Crippen LogP contribution < -0.4 is 4.90 Å². The summed E-state index contributed by atoms with van der Waals surface area (Å²) in [4.78, 5) is 13.0. The first-order valence-corrected chi connectivity index (χ1v) is 4.81. The zero-order chi connectivity index (χ0) is 11.3. The van der Waals surface area contributed by atoms with Gasteiger partial charge in [-0.3, -0.25) is 4.79 Å². The lowest BCUT2D eigenvalue weighted by Crippen LogP contribution is -2.25. The fraction of sp³-hybridized carbons (Fsp3) is 0.364. The van der Waals surface area contributed by atoms with E-state index in [1.807, 2.05) is 0 Å². The summed E-state index contributed by atoms with van der Waals surface area (Å²) in [5.74, 6) is 0.129. The maximum absolute atomic E-state index is 11.5. The van der Waals surface area contributed by atoms with E-state index in [0.717, 1.165) is 5.69 Å². The third-order valence-corrected chi connectivity index (χ3v) is 2.16. The van der Waals surface area contributed by atoms with Crippen LogP contribution in [-0.2, 0) is 4.79 Å². The fourth-order valence-electron chi connectivity index (χ4n) is 1.22. The number of hydrogen-bond donors (Lipinski definition) is 2. The Morgan fingerprint density at radius 3 is 2.47 bits per heavy atom. The van der Waals surface area contributed by atoms with E-state index in [0.29, 0.717) is 12.8 Å². The van der Waals surface area contributed by atoms with E-state index in [9.17, 15) is 4.79 Å². The van der Waals surface area contributed by atoms with Crippen molar-refractivity contribution in [1.29, 1.82) is 0 Å². The molecule has 1 amide bonds. The van der Waals surface area contributed by atoms with E-state index >= 15 is 0 Å². The smallest absolute Gasteiger partial charge is 0.226 e. The van der Waals surface area contributed by atoms with Crippen molar-refractivity contribution in [2.45, 2.75) is 12.8 Å². The first kappa shape index (κ1) is 11.5. The predicted molar refractivity (Wildman–Crippen MR) is 57.8 cm³/mol. The Kier molecular flexibility index (Phi) is 4.12. The third-order valence-electron chi connectivity index (χ3n) is 2.16. The standard InChI is InChI=1S/C11H15NO3/c1-12(11(15)3-2-8-13)9-4-6-10(14)7-5-9/h4-7,13-14H,2-3,8H2,1H3. The van der Waals surface area contributed by atoms with Gasteiger partial charge in [0.05, 0.1) is 0 Å². The highest BCUT2D eigenvalue weighted by molar-refractivity contribution is 5.92. The molecule has 0 aromatic heterocycles. The summed E-state index contributed by atoms with van der Waals surface area (Å²) >= 11 is 0. The van der Waals surface area contributed by atoms with Gasteiger partial charge in [0.25, 0.3) is 0 Å². The molecule has 0 heterocycles. The molecule has 1 aromatic carbocycles. The summed E-state index contributed by atoms with van der Waals surface area (Å²) < 4.78 is 0. The normalized spacial score (nSPS) is 10.0. The first-order valence-electron chi connectivity index (χ1n) is 4.81. The topological polar surface area (TPSA) is 60.8 Å². The minimum Gasteiger partial charge on any atom is -0.508 e. The van der Waals surface area contributed by atoms with Crippen molar-refractivity contribution >= 4 is 11.6 Å². The Labute approximate surface area is 88.8 Å². The third kappa shape index (κ3) is 3.25. The summed E-state index contributed by atoms with van der Waals surface area (Å²) in [6, 6.07) is 6.41. The summed E-state index contributed by atoms with van der Waals surface area (Å²) in [6.07, 6.45) is 0.801. The van der Waals surface area contributed by atoms with Crippen molar-refractivity contribution < 1.29 is 15.0 Å². The molecule has 0 radical (unpaired) electrons.